The Morgan fingerprint density at radius 3 is 2.89 bits per heavy atom. The molecule has 0 saturated carbocycles. The number of nitrogens with one attached hydrogen (secondary N) is 1. The van der Waals surface area contributed by atoms with Gasteiger partial charge in [-0.3, -0.25) is 10.1 Å². The normalized spacial score (nSPS) is 21.4. The minimum Gasteiger partial charge on any atom is -0.344 e. The van der Waals surface area contributed by atoms with E-state index in [-0.39, 0.29) is 18.0 Å². The summed E-state index contributed by atoms with van der Waals surface area (Å²) in [5.74, 6) is 0.212. The van der Waals surface area contributed by atoms with E-state index in [1.54, 1.807) is 4.90 Å². The van der Waals surface area contributed by atoms with Crippen LogP contribution in [-0.2, 0) is 4.79 Å². The van der Waals surface area contributed by atoms with Gasteiger partial charge in [-0.05, 0) is 30.5 Å². The fourth-order valence-electron chi connectivity index (χ4n) is 2.39. The van der Waals surface area contributed by atoms with Crippen molar-refractivity contribution in [3.05, 3.63) is 34.3 Å². The number of carbonyl (C=O) groups excluding carboxylic acids is 1. The van der Waals surface area contributed by atoms with E-state index in [4.69, 9.17) is 0 Å². The third-order valence-electron chi connectivity index (χ3n) is 3.49. The van der Waals surface area contributed by atoms with E-state index >= 15 is 0 Å². The third kappa shape index (κ3) is 2.93. The average molecular weight is 311 g/mol. The fraction of sp³-hybridized carbons (Fsp3) is 0.500. The van der Waals surface area contributed by atoms with Gasteiger partial charge in [0.15, 0.2) is 0 Å². The number of amides is 1. The van der Waals surface area contributed by atoms with Crippen molar-refractivity contribution in [2.75, 3.05) is 13.6 Å². The Balaban J connectivity index is 2.08. The quantitative estimate of drug-likeness (QED) is 0.927. The zero-order chi connectivity index (χ0) is 13.1. The first kappa shape index (κ1) is 13.6. The molecule has 0 aromatic heterocycles. The number of hydrogen-bond acceptors (Lipinski definition) is 2. The van der Waals surface area contributed by atoms with Crippen LogP contribution in [0.5, 0.6) is 0 Å². The molecule has 2 rings (SSSR count). The van der Waals surface area contributed by atoms with E-state index in [0.29, 0.717) is 0 Å². The molecule has 1 amide bonds. The molecule has 3 nitrogen and oxygen atoms in total. The standard InChI is InChI=1S/C14H19BrN2O/c1-3-12(10-5-4-6-11(15)9-10)16-13-7-8-17(2)14(13)18/h4-6,9,12-13,16H,3,7-8H2,1-2H3. The highest BCUT2D eigenvalue weighted by Gasteiger charge is 2.30. The van der Waals surface area contributed by atoms with Crippen LogP contribution in [0.2, 0.25) is 0 Å². The lowest BCUT2D eigenvalue weighted by atomic mass is 10.0. The summed E-state index contributed by atoms with van der Waals surface area (Å²) in [5, 5.41) is 3.48. The second-order valence-electron chi connectivity index (χ2n) is 4.78. The Morgan fingerprint density at radius 2 is 2.33 bits per heavy atom. The van der Waals surface area contributed by atoms with Gasteiger partial charge in [0, 0.05) is 24.1 Å². The van der Waals surface area contributed by atoms with Crippen molar-refractivity contribution in [1.82, 2.24) is 10.2 Å². The van der Waals surface area contributed by atoms with E-state index in [1.807, 2.05) is 19.2 Å². The molecule has 1 saturated heterocycles. The van der Waals surface area contributed by atoms with Crippen molar-refractivity contribution in [2.45, 2.75) is 31.8 Å². The second kappa shape index (κ2) is 5.85. The lowest BCUT2D eigenvalue weighted by Gasteiger charge is -2.21. The van der Waals surface area contributed by atoms with Crippen LogP contribution in [0.15, 0.2) is 28.7 Å². The molecule has 2 unspecified atom stereocenters. The maximum Gasteiger partial charge on any atom is 0.239 e. The molecule has 1 N–H and O–H groups in total. The van der Waals surface area contributed by atoms with Gasteiger partial charge in [0.05, 0.1) is 6.04 Å². The van der Waals surface area contributed by atoms with Crippen molar-refractivity contribution >= 4 is 21.8 Å². The van der Waals surface area contributed by atoms with E-state index in [1.165, 1.54) is 5.56 Å². The molecule has 1 aromatic carbocycles. The lowest BCUT2D eigenvalue weighted by Crippen LogP contribution is -2.39. The van der Waals surface area contributed by atoms with Gasteiger partial charge >= 0.3 is 0 Å². The molecule has 1 aliphatic rings. The van der Waals surface area contributed by atoms with Gasteiger partial charge in [0.25, 0.3) is 0 Å². The Hall–Kier alpha value is -0.870. The SMILES string of the molecule is CCC(NC1CCN(C)C1=O)c1cccc(Br)c1. The molecule has 18 heavy (non-hydrogen) atoms. The summed E-state index contributed by atoms with van der Waals surface area (Å²) in [6.07, 6.45) is 1.88. The molecule has 1 heterocycles. The summed E-state index contributed by atoms with van der Waals surface area (Å²) >= 11 is 3.49. The van der Waals surface area contributed by atoms with E-state index in [0.717, 1.165) is 23.9 Å². The topological polar surface area (TPSA) is 32.3 Å². The van der Waals surface area contributed by atoms with Crippen LogP contribution < -0.4 is 5.32 Å². The summed E-state index contributed by atoms with van der Waals surface area (Å²) < 4.78 is 1.08. The van der Waals surface area contributed by atoms with Gasteiger partial charge in [-0.1, -0.05) is 35.0 Å². The second-order valence-corrected chi connectivity index (χ2v) is 5.70. The van der Waals surface area contributed by atoms with Gasteiger partial charge in [-0.15, -0.1) is 0 Å². The highest BCUT2D eigenvalue weighted by Crippen LogP contribution is 2.22. The minimum absolute atomic E-state index is 0.0288. The fourth-order valence-corrected chi connectivity index (χ4v) is 2.81. The summed E-state index contributed by atoms with van der Waals surface area (Å²) in [6.45, 7) is 2.99. The van der Waals surface area contributed by atoms with Gasteiger partial charge in [-0.2, -0.15) is 0 Å². The summed E-state index contributed by atoms with van der Waals surface area (Å²) in [7, 11) is 1.87. The summed E-state index contributed by atoms with van der Waals surface area (Å²) in [5.41, 5.74) is 1.23. The molecule has 0 aliphatic carbocycles. The monoisotopic (exact) mass is 310 g/mol. The van der Waals surface area contributed by atoms with Crippen molar-refractivity contribution in [3.8, 4) is 0 Å². The Labute approximate surface area is 117 Å². The highest BCUT2D eigenvalue weighted by molar-refractivity contribution is 9.10. The zero-order valence-corrected chi connectivity index (χ0v) is 12.4. The van der Waals surface area contributed by atoms with Crippen LogP contribution in [0.3, 0.4) is 0 Å². The number of nitrogens with zero attached hydrogens (tertiary/aromatic N) is 1. The molecule has 1 aromatic rings. The molecule has 1 fully saturated rings. The smallest absolute Gasteiger partial charge is 0.239 e. The predicted molar refractivity (Wildman–Crippen MR) is 76.4 cm³/mol. The van der Waals surface area contributed by atoms with Crippen LogP contribution in [-0.4, -0.2) is 30.4 Å². The summed E-state index contributed by atoms with van der Waals surface area (Å²) in [4.78, 5) is 13.7. The molecule has 98 valence electrons. The zero-order valence-electron chi connectivity index (χ0n) is 10.8. The van der Waals surface area contributed by atoms with Crippen molar-refractivity contribution in [2.24, 2.45) is 0 Å². The first-order chi connectivity index (χ1) is 8.61. The maximum atomic E-state index is 11.9. The van der Waals surface area contributed by atoms with Gasteiger partial charge in [-0.25, -0.2) is 0 Å². The Morgan fingerprint density at radius 1 is 1.56 bits per heavy atom. The number of halogens is 1. The minimum atomic E-state index is -0.0288. The van der Waals surface area contributed by atoms with Crippen molar-refractivity contribution in [1.29, 1.82) is 0 Å². The molecular formula is C14H19BrN2O. The van der Waals surface area contributed by atoms with Gasteiger partial charge in [0.2, 0.25) is 5.91 Å². The van der Waals surface area contributed by atoms with Crippen molar-refractivity contribution in [3.63, 3.8) is 0 Å². The molecular weight excluding hydrogens is 292 g/mol. The lowest BCUT2D eigenvalue weighted by molar-refractivity contribution is -0.128. The predicted octanol–water partition coefficient (Wildman–Crippen LogP) is 2.72. The first-order valence-electron chi connectivity index (χ1n) is 6.38. The van der Waals surface area contributed by atoms with Crippen LogP contribution in [0.25, 0.3) is 0 Å². The Bertz CT molecular complexity index is 436. The maximum absolute atomic E-state index is 11.9. The van der Waals surface area contributed by atoms with E-state index in [9.17, 15) is 4.79 Å². The Kier molecular flexibility index (Phi) is 4.40. The number of hydrogen-bond donors (Lipinski definition) is 1. The van der Waals surface area contributed by atoms with Gasteiger partial charge < -0.3 is 4.90 Å². The van der Waals surface area contributed by atoms with Crippen LogP contribution in [0.4, 0.5) is 0 Å². The van der Waals surface area contributed by atoms with Gasteiger partial charge in [0.1, 0.15) is 0 Å². The molecule has 1 aliphatic heterocycles. The molecule has 2 atom stereocenters. The number of benzene rings is 1. The molecule has 4 heteroatoms. The van der Waals surface area contributed by atoms with Crippen LogP contribution >= 0.6 is 15.9 Å². The summed E-state index contributed by atoms with van der Waals surface area (Å²) in [6, 6.07) is 8.48. The van der Waals surface area contributed by atoms with Crippen LogP contribution in [0.1, 0.15) is 31.4 Å². The van der Waals surface area contributed by atoms with Crippen LogP contribution in [0, 0.1) is 0 Å². The largest absolute Gasteiger partial charge is 0.344 e. The first-order valence-corrected chi connectivity index (χ1v) is 7.17. The molecule has 0 radical (unpaired) electrons. The molecule has 0 spiro atoms. The van der Waals surface area contributed by atoms with E-state index < -0.39 is 0 Å². The van der Waals surface area contributed by atoms with Crippen molar-refractivity contribution < 1.29 is 4.79 Å². The molecule has 0 bridgehead atoms. The average Bonchev–Trinajstić information content (AvgIpc) is 2.67. The third-order valence-corrected chi connectivity index (χ3v) is 3.98. The number of carbonyl (C=O) groups is 1. The highest BCUT2D eigenvalue weighted by atomic mass is 79.9. The van der Waals surface area contributed by atoms with E-state index in [2.05, 4.69) is 40.3 Å². The number of likely N-dealkylation sites (tertiary alicyclic amines) is 1. The number of likely N-dealkylation sites (N-methyl/N-ethyl adjacent to an activating group) is 1. The number of rotatable bonds is 4.